The summed E-state index contributed by atoms with van der Waals surface area (Å²) in [5, 5.41) is 0.0198. The summed E-state index contributed by atoms with van der Waals surface area (Å²) in [6.07, 6.45) is 2.32. The van der Waals surface area contributed by atoms with Crippen molar-refractivity contribution in [2.24, 2.45) is 0 Å². The van der Waals surface area contributed by atoms with Gasteiger partial charge in [-0.15, -0.1) is 0 Å². The molecule has 5 rings (SSSR count). The van der Waals surface area contributed by atoms with E-state index in [0.717, 1.165) is 35.2 Å². The number of carbonyl (C=O) groups is 2. The number of aryl methyl sites for hydroxylation is 1. The van der Waals surface area contributed by atoms with Gasteiger partial charge in [-0.2, -0.15) is 4.31 Å². The molecule has 9 heteroatoms. The number of esters is 1. The smallest absolute Gasteiger partial charge is 0.338 e. The fourth-order valence-corrected chi connectivity index (χ4v) is 6.64. The molecule has 0 saturated heterocycles. The molecule has 0 aliphatic carbocycles. The van der Waals surface area contributed by atoms with E-state index >= 15 is 0 Å². The lowest BCUT2D eigenvalue weighted by Gasteiger charge is -2.29. The minimum atomic E-state index is -3.95. The first-order valence-corrected chi connectivity index (χ1v) is 13.6. The van der Waals surface area contributed by atoms with E-state index in [0.29, 0.717) is 19.5 Å². The third-order valence-electron chi connectivity index (χ3n) is 6.62. The number of sulfonamides is 1. The first kappa shape index (κ1) is 24.5. The zero-order valence-corrected chi connectivity index (χ0v) is 21.1. The number of carbonyl (C=O) groups excluding carboxylic acids is 2. The number of rotatable bonds is 5. The second kappa shape index (κ2) is 10.0. The summed E-state index contributed by atoms with van der Waals surface area (Å²) in [7, 11) is -3.95. The summed E-state index contributed by atoms with van der Waals surface area (Å²) in [5.41, 5.74) is 3.98. The van der Waals surface area contributed by atoms with Crippen molar-refractivity contribution in [3.63, 3.8) is 0 Å². The molecule has 7 nitrogen and oxygen atoms in total. The maximum Gasteiger partial charge on any atom is 0.338 e. The van der Waals surface area contributed by atoms with Crippen LogP contribution >= 0.6 is 11.6 Å². The highest BCUT2D eigenvalue weighted by Crippen LogP contribution is 2.30. The van der Waals surface area contributed by atoms with Crippen LogP contribution in [-0.2, 0) is 38.9 Å². The van der Waals surface area contributed by atoms with E-state index in [1.807, 2.05) is 48.5 Å². The van der Waals surface area contributed by atoms with E-state index < -0.39 is 22.6 Å². The predicted octanol–water partition coefficient (Wildman–Crippen LogP) is 4.22. The van der Waals surface area contributed by atoms with Crippen LogP contribution in [0, 0.1) is 0 Å². The zero-order valence-electron chi connectivity index (χ0n) is 19.5. The van der Waals surface area contributed by atoms with Crippen molar-refractivity contribution in [1.82, 2.24) is 4.31 Å². The van der Waals surface area contributed by atoms with Gasteiger partial charge in [0.1, 0.15) is 4.90 Å². The minimum Gasteiger partial charge on any atom is -0.452 e. The number of ether oxygens (including phenoxy) is 1. The van der Waals surface area contributed by atoms with Crippen molar-refractivity contribution >= 4 is 39.2 Å². The summed E-state index contributed by atoms with van der Waals surface area (Å²) in [4.78, 5) is 27.0. The predicted molar refractivity (Wildman–Crippen MR) is 137 cm³/mol. The topological polar surface area (TPSA) is 84.0 Å². The van der Waals surface area contributed by atoms with Crippen LogP contribution in [0.3, 0.4) is 0 Å². The van der Waals surface area contributed by atoms with Gasteiger partial charge in [-0.05, 0) is 60.2 Å². The van der Waals surface area contributed by atoms with Gasteiger partial charge >= 0.3 is 5.97 Å². The molecule has 0 fully saturated rings. The number of nitrogens with zero attached hydrogens (tertiary/aromatic N) is 2. The molecule has 36 heavy (non-hydrogen) atoms. The largest absolute Gasteiger partial charge is 0.452 e. The molecule has 0 spiro atoms. The van der Waals surface area contributed by atoms with Gasteiger partial charge in [-0.3, -0.25) is 4.79 Å². The Bertz CT molecular complexity index is 1440. The SMILES string of the molecule is O=C(OCC(=O)N1CCCc2ccccc21)c1ccc(Cl)c(S(=O)(=O)N2CCc3ccccc3C2)c1. The second-order valence-corrected chi connectivity index (χ2v) is 11.2. The Kier molecular flexibility index (Phi) is 6.83. The second-order valence-electron chi connectivity index (χ2n) is 8.86. The summed E-state index contributed by atoms with van der Waals surface area (Å²) in [6.45, 7) is 0.655. The van der Waals surface area contributed by atoms with Crippen LogP contribution in [-0.4, -0.2) is 44.3 Å². The highest BCUT2D eigenvalue weighted by atomic mass is 35.5. The third kappa shape index (κ3) is 4.76. The molecule has 2 aliphatic heterocycles. The Morgan fingerprint density at radius 3 is 2.42 bits per heavy atom. The lowest BCUT2D eigenvalue weighted by Crippen LogP contribution is -2.38. The first-order chi connectivity index (χ1) is 17.3. The lowest BCUT2D eigenvalue weighted by atomic mass is 10.0. The quantitative estimate of drug-likeness (QED) is 0.466. The summed E-state index contributed by atoms with van der Waals surface area (Å²) in [6, 6.07) is 19.4. The molecular weight excluding hydrogens is 500 g/mol. The summed E-state index contributed by atoms with van der Waals surface area (Å²) >= 11 is 6.26. The minimum absolute atomic E-state index is 0.0160. The Labute approximate surface area is 215 Å². The van der Waals surface area contributed by atoms with Crippen LogP contribution in [0.1, 0.15) is 33.5 Å². The fourth-order valence-electron chi connectivity index (χ4n) is 4.72. The van der Waals surface area contributed by atoms with E-state index in [4.69, 9.17) is 16.3 Å². The molecule has 0 N–H and O–H groups in total. The number of hydrogen-bond acceptors (Lipinski definition) is 5. The molecule has 0 atom stereocenters. The third-order valence-corrected chi connectivity index (χ3v) is 8.95. The van der Waals surface area contributed by atoms with Crippen LogP contribution < -0.4 is 4.90 Å². The molecule has 1 amide bonds. The van der Waals surface area contributed by atoms with Gasteiger partial charge in [-0.25, -0.2) is 13.2 Å². The molecular formula is C27H25ClN2O5S. The van der Waals surface area contributed by atoms with Crippen molar-refractivity contribution in [2.45, 2.75) is 30.7 Å². The average molecular weight is 525 g/mol. The highest BCUT2D eigenvalue weighted by molar-refractivity contribution is 7.89. The maximum atomic E-state index is 13.4. The van der Waals surface area contributed by atoms with Gasteiger partial charge < -0.3 is 9.64 Å². The van der Waals surface area contributed by atoms with Crippen LogP contribution in [0.15, 0.2) is 71.6 Å². The van der Waals surface area contributed by atoms with Gasteiger partial charge in [0.25, 0.3) is 5.91 Å². The Balaban J connectivity index is 1.30. The molecule has 0 unspecified atom stereocenters. The van der Waals surface area contributed by atoms with E-state index in [9.17, 15) is 18.0 Å². The van der Waals surface area contributed by atoms with E-state index in [1.54, 1.807) is 4.90 Å². The lowest BCUT2D eigenvalue weighted by molar-refractivity contribution is -0.121. The van der Waals surface area contributed by atoms with Crippen LogP contribution in [0.5, 0.6) is 0 Å². The van der Waals surface area contributed by atoms with Gasteiger partial charge in [-0.1, -0.05) is 54.1 Å². The molecule has 0 saturated carbocycles. The molecule has 0 aromatic heterocycles. The number of amides is 1. The molecule has 186 valence electrons. The molecule has 0 bridgehead atoms. The van der Waals surface area contributed by atoms with Gasteiger partial charge in [0, 0.05) is 25.3 Å². The molecule has 3 aromatic rings. The van der Waals surface area contributed by atoms with Gasteiger partial charge in [0.05, 0.1) is 10.6 Å². The molecule has 2 aliphatic rings. The zero-order chi connectivity index (χ0) is 25.3. The van der Waals surface area contributed by atoms with E-state index in [1.165, 1.54) is 22.5 Å². The number of anilines is 1. The maximum absolute atomic E-state index is 13.4. The molecule has 3 aromatic carbocycles. The van der Waals surface area contributed by atoms with Gasteiger partial charge in [0.2, 0.25) is 10.0 Å². The van der Waals surface area contributed by atoms with E-state index in [-0.39, 0.29) is 27.9 Å². The van der Waals surface area contributed by atoms with Crippen LogP contribution in [0.2, 0.25) is 5.02 Å². The van der Waals surface area contributed by atoms with Crippen molar-refractivity contribution in [3.05, 3.63) is 94.0 Å². The van der Waals surface area contributed by atoms with Crippen molar-refractivity contribution in [1.29, 1.82) is 0 Å². The Hall–Kier alpha value is -3.20. The standard InChI is InChI=1S/C27H25ClN2O5S/c28-23-12-11-21(16-25(23)36(33,34)29-15-13-19-6-1-2-8-22(19)17-29)27(32)35-18-26(31)30-14-5-9-20-7-3-4-10-24(20)30/h1-4,6-8,10-12,16H,5,9,13-15,17-18H2. The monoisotopic (exact) mass is 524 g/mol. The van der Waals surface area contributed by atoms with Crippen molar-refractivity contribution in [3.8, 4) is 0 Å². The first-order valence-electron chi connectivity index (χ1n) is 11.8. The Morgan fingerprint density at radius 2 is 1.61 bits per heavy atom. The summed E-state index contributed by atoms with van der Waals surface area (Å²) < 4.78 is 33.5. The molecule has 2 heterocycles. The van der Waals surface area contributed by atoms with Gasteiger partial charge in [0.15, 0.2) is 6.61 Å². The number of benzene rings is 3. The summed E-state index contributed by atoms with van der Waals surface area (Å²) in [5.74, 6) is -1.12. The number of hydrogen-bond donors (Lipinski definition) is 0. The normalized spacial score (nSPS) is 15.6. The van der Waals surface area contributed by atoms with Crippen molar-refractivity contribution < 1.29 is 22.7 Å². The number of halogens is 1. The highest BCUT2D eigenvalue weighted by Gasteiger charge is 2.31. The van der Waals surface area contributed by atoms with E-state index in [2.05, 4.69) is 0 Å². The number of fused-ring (bicyclic) bond motifs is 2. The van der Waals surface area contributed by atoms with Crippen molar-refractivity contribution in [2.75, 3.05) is 24.6 Å². The fraction of sp³-hybridized carbons (Fsp3) is 0.259. The van der Waals surface area contributed by atoms with Crippen LogP contribution in [0.25, 0.3) is 0 Å². The van der Waals surface area contributed by atoms with Crippen LogP contribution in [0.4, 0.5) is 5.69 Å². The average Bonchev–Trinajstić information content (AvgIpc) is 2.91. The molecule has 0 radical (unpaired) electrons. The number of para-hydroxylation sites is 1. The Morgan fingerprint density at radius 1 is 0.889 bits per heavy atom.